The summed E-state index contributed by atoms with van der Waals surface area (Å²) in [5, 5.41) is 10.8. The van der Waals surface area contributed by atoms with Crippen LogP contribution in [-0.4, -0.2) is 46.6 Å². The van der Waals surface area contributed by atoms with E-state index in [2.05, 4.69) is 4.98 Å². The molecular weight excluding hydrogens is 326 g/mol. The van der Waals surface area contributed by atoms with Crippen molar-refractivity contribution in [1.82, 2.24) is 4.98 Å². The van der Waals surface area contributed by atoms with Crippen LogP contribution in [0.2, 0.25) is 0 Å². The van der Waals surface area contributed by atoms with Crippen LogP contribution < -0.4 is 0 Å². The molecule has 0 aromatic carbocycles. The highest BCUT2D eigenvalue weighted by molar-refractivity contribution is 6.02. The van der Waals surface area contributed by atoms with Crippen LogP contribution >= 0.6 is 0 Å². The lowest BCUT2D eigenvalue weighted by Crippen LogP contribution is -2.55. The standard InChI is InChI=1S/C18H23NO6/c1-4-24-16(21)14-12(20)10-18(3,23)15(17(22)25-5-2)13(14)11-8-6-7-9-19-11/h6-9,13-15,23H,4-5,10H2,1-3H3/t13-,14-,15-,18+/m1/s1. The predicted molar refractivity (Wildman–Crippen MR) is 87.5 cm³/mol. The van der Waals surface area contributed by atoms with Crippen molar-refractivity contribution in [2.24, 2.45) is 11.8 Å². The molecule has 0 spiro atoms. The Balaban J connectivity index is 2.57. The van der Waals surface area contributed by atoms with Crippen molar-refractivity contribution in [2.75, 3.05) is 13.2 Å². The number of rotatable bonds is 5. The summed E-state index contributed by atoms with van der Waals surface area (Å²) >= 11 is 0. The number of aliphatic hydroxyl groups is 1. The molecule has 1 heterocycles. The van der Waals surface area contributed by atoms with Gasteiger partial charge in [-0.25, -0.2) is 0 Å². The molecule has 0 amide bonds. The smallest absolute Gasteiger partial charge is 0.317 e. The van der Waals surface area contributed by atoms with Gasteiger partial charge < -0.3 is 14.6 Å². The minimum atomic E-state index is -1.64. The number of hydrogen-bond donors (Lipinski definition) is 1. The summed E-state index contributed by atoms with van der Waals surface area (Å²) in [4.78, 5) is 41.8. The number of hydrogen-bond acceptors (Lipinski definition) is 7. The highest BCUT2D eigenvalue weighted by atomic mass is 16.5. The fraction of sp³-hybridized carbons (Fsp3) is 0.556. The predicted octanol–water partition coefficient (Wildman–Crippen LogP) is 1.25. The second-order valence-corrected chi connectivity index (χ2v) is 6.24. The molecule has 0 unspecified atom stereocenters. The maximum atomic E-state index is 12.6. The van der Waals surface area contributed by atoms with E-state index in [9.17, 15) is 19.5 Å². The van der Waals surface area contributed by atoms with E-state index in [0.717, 1.165) is 0 Å². The van der Waals surface area contributed by atoms with E-state index < -0.39 is 41.1 Å². The quantitative estimate of drug-likeness (QED) is 0.630. The van der Waals surface area contributed by atoms with E-state index in [-0.39, 0.29) is 19.6 Å². The largest absolute Gasteiger partial charge is 0.466 e. The first-order chi connectivity index (χ1) is 11.8. The number of carbonyl (C=O) groups excluding carboxylic acids is 3. The molecule has 7 heteroatoms. The van der Waals surface area contributed by atoms with Crippen LogP contribution in [0, 0.1) is 11.8 Å². The number of pyridine rings is 1. The van der Waals surface area contributed by atoms with Gasteiger partial charge in [0.2, 0.25) is 0 Å². The van der Waals surface area contributed by atoms with Crippen molar-refractivity contribution >= 4 is 17.7 Å². The van der Waals surface area contributed by atoms with E-state index in [1.165, 1.54) is 13.1 Å². The molecule has 0 radical (unpaired) electrons. The number of nitrogens with zero attached hydrogens (tertiary/aromatic N) is 1. The summed E-state index contributed by atoms with van der Waals surface area (Å²) in [6, 6.07) is 5.00. The lowest BCUT2D eigenvalue weighted by atomic mass is 9.62. The molecule has 2 rings (SSSR count). The fourth-order valence-electron chi connectivity index (χ4n) is 3.41. The topological polar surface area (TPSA) is 103 Å². The zero-order valence-electron chi connectivity index (χ0n) is 14.6. The van der Waals surface area contributed by atoms with Crippen molar-refractivity contribution in [3.8, 4) is 0 Å². The zero-order valence-corrected chi connectivity index (χ0v) is 14.6. The van der Waals surface area contributed by atoms with Gasteiger partial charge in [0.05, 0.1) is 24.7 Å². The van der Waals surface area contributed by atoms with Gasteiger partial charge in [0.15, 0.2) is 5.78 Å². The van der Waals surface area contributed by atoms with Crippen molar-refractivity contribution in [3.63, 3.8) is 0 Å². The Morgan fingerprint density at radius 1 is 1.24 bits per heavy atom. The molecule has 4 atom stereocenters. The maximum Gasteiger partial charge on any atom is 0.317 e. The summed E-state index contributed by atoms with van der Waals surface area (Å²) in [6.07, 6.45) is 1.18. The fourth-order valence-corrected chi connectivity index (χ4v) is 3.41. The molecule has 136 valence electrons. The maximum absolute atomic E-state index is 12.6. The van der Waals surface area contributed by atoms with Gasteiger partial charge >= 0.3 is 11.9 Å². The Morgan fingerprint density at radius 2 is 1.88 bits per heavy atom. The summed E-state index contributed by atoms with van der Waals surface area (Å²) in [5.74, 6) is -5.10. The molecule has 1 N–H and O–H groups in total. The SMILES string of the molecule is CCOC(=O)[C@@H]1C(=O)C[C@](C)(O)[C@@H](C(=O)OCC)[C@@H]1c1ccccn1. The molecule has 25 heavy (non-hydrogen) atoms. The van der Waals surface area contributed by atoms with Crippen molar-refractivity contribution < 1.29 is 29.0 Å². The average molecular weight is 349 g/mol. The number of Topliss-reactive ketones (excluding diaryl/α,β-unsaturated/α-hetero) is 1. The molecule has 1 aromatic rings. The number of aromatic nitrogens is 1. The third kappa shape index (κ3) is 3.87. The van der Waals surface area contributed by atoms with Crippen molar-refractivity contribution in [1.29, 1.82) is 0 Å². The van der Waals surface area contributed by atoms with E-state index >= 15 is 0 Å². The molecule has 1 aliphatic rings. The highest BCUT2D eigenvalue weighted by Crippen LogP contribution is 2.46. The van der Waals surface area contributed by atoms with Gasteiger partial charge in [-0.15, -0.1) is 0 Å². The number of ether oxygens (including phenoxy) is 2. The first-order valence-electron chi connectivity index (χ1n) is 8.32. The Morgan fingerprint density at radius 3 is 2.44 bits per heavy atom. The summed E-state index contributed by atoms with van der Waals surface area (Å²) in [5.41, 5.74) is -1.28. The summed E-state index contributed by atoms with van der Waals surface area (Å²) in [7, 11) is 0. The normalized spacial score (nSPS) is 29.1. The van der Waals surface area contributed by atoms with Crippen molar-refractivity contribution in [2.45, 2.75) is 38.7 Å². The van der Waals surface area contributed by atoms with Gasteiger partial charge in [0.25, 0.3) is 0 Å². The first-order valence-corrected chi connectivity index (χ1v) is 8.32. The molecule has 1 aliphatic carbocycles. The Kier molecular flexibility index (Phi) is 5.89. The monoisotopic (exact) mass is 349 g/mol. The van der Waals surface area contributed by atoms with Gasteiger partial charge in [-0.1, -0.05) is 6.07 Å². The lowest BCUT2D eigenvalue weighted by Gasteiger charge is -2.43. The average Bonchev–Trinajstić information content (AvgIpc) is 2.54. The van der Waals surface area contributed by atoms with Crippen LogP contribution in [0.5, 0.6) is 0 Å². The summed E-state index contributed by atoms with van der Waals surface area (Å²) in [6.45, 7) is 4.93. The number of esters is 2. The minimum Gasteiger partial charge on any atom is -0.466 e. The minimum absolute atomic E-state index is 0.109. The third-order valence-corrected chi connectivity index (χ3v) is 4.38. The first kappa shape index (κ1) is 19.1. The van der Waals surface area contributed by atoms with Crippen LogP contribution in [0.4, 0.5) is 0 Å². The Hall–Kier alpha value is -2.28. The number of ketones is 1. The molecule has 1 fully saturated rings. The van der Waals surface area contributed by atoms with Gasteiger partial charge in [-0.3, -0.25) is 19.4 Å². The molecule has 0 saturated heterocycles. The molecule has 1 saturated carbocycles. The lowest BCUT2D eigenvalue weighted by molar-refractivity contribution is -0.172. The van der Waals surface area contributed by atoms with E-state index in [4.69, 9.17) is 9.47 Å². The van der Waals surface area contributed by atoms with E-state index in [1.54, 1.807) is 32.0 Å². The number of carbonyl (C=O) groups is 3. The third-order valence-electron chi connectivity index (χ3n) is 4.38. The van der Waals surface area contributed by atoms with Gasteiger partial charge in [-0.05, 0) is 32.9 Å². The Labute approximate surface area is 146 Å². The van der Waals surface area contributed by atoms with Crippen LogP contribution in [0.3, 0.4) is 0 Å². The van der Waals surface area contributed by atoms with E-state index in [0.29, 0.717) is 5.69 Å². The van der Waals surface area contributed by atoms with Gasteiger partial charge in [-0.2, -0.15) is 0 Å². The van der Waals surface area contributed by atoms with Crippen LogP contribution in [0.1, 0.15) is 38.8 Å². The van der Waals surface area contributed by atoms with E-state index in [1.807, 2.05) is 0 Å². The molecular formula is C18H23NO6. The Bertz CT molecular complexity index is 642. The summed E-state index contributed by atoms with van der Waals surface area (Å²) < 4.78 is 10.1. The van der Waals surface area contributed by atoms with Crippen LogP contribution in [0.15, 0.2) is 24.4 Å². The highest BCUT2D eigenvalue weighted by Gasteiger charge is 2.57. The van der Waals surface area contributed by atoms with Crippen molar-refractivity contribution in [3.05, 3.63) is 30.1 Å². The zero-order chi connectivity index (χ0) is 18.6. The molecule has 0 aliphatic heterocycles. The van der Waals surface area contributed by atoms with Crippen LogP contribution in [0.25, 0.3) is 0 Å². The molecule has 0 bridgehead atoms. The van der Waals surface area contributed by atoms with Crippen LogP contribution in [-0.2, 0) is 23.9 Å². The second-order valence-electron chi connectivity index (χ2n) is 6.24. The second kappa shape index (κ2) is 7.74. The molecule has 1 aromatic heterocycles. The molecule has 7 nitrogen and oxygen atoms in total. The van der Waals surface area contributed by atoms with Gasteiger partial charge in [0, 0.05) is 24.2 Å². The van der Waals surface area contributed by atoms with Gasteiger partial charge in [0.1, 0.15) is 5.92 Å².